The predicted molar refractivity (Wildman–Crippen MR) is 46.4 cm³/mol. The summed E-state index contributed by atoms with van der Waals surface area (Å²) in [7, 11) is 0. The van der Waals surface area contributed by atoms with E-state index in [1.54, 1.807) is 6.92 Å². The van der Waals surface area contributed by atoms with Crippen LogP contribution in [-0.2, 0) is 0 Å². The fourth-order valence-corrected chi connectivity index (χ4v) is 1.33. The second kappa shape index (κ2) is 2.76. The highest BCUT2D eigenvalue weighted by Gasteiger charge is 2.02. The zero-order chi connectivity index (χ0) is 9.42. The van der Waals surface area contributed by atoms with Crippen LogP contribution in [0.5, 0.6) is 0 Å². The Kier molecular flexibility index (Phi) is 1.72. The topological polar surface area (TPSA) is 12.9 Å². The number of aryl methyl sites for hydroxylation is 1. The van der Waals surface area contributed by atoms with E-state index in [4.69, 9.17) is 0 Å². The molecule has 66 valence electrons. The van der Waals surface area contributed by atoms with Crippen LogP contribution in [0.1, 0.15) is 5.56 Å². The molecule has 0 atom stereocenters. The van der Waals surface area contributed by atoms with Gasteiger partial charge in [0.15, 0.2) is 0 Å². The summed E-state index contributed by atoms with van der Waals surface area (Å²) in [5.41, 5.74) is 1.18. The Bertz CT molecular complexity index is 466. The molecule has 0 amide bonds. The lowest BCUT2D eigenvalue weighted by Crippen LogP contribution is -1.88. The Balaban J connectivity index is 2.87. The number of nitrogens with zero attached hydrogens (tertiary/aromatic N) is 1. The van der Waals surface area contributed by atoms with Crippen LogP contribution in [0, 0.1) is 18.7 Å². The van der Waals surface area contributed by atoms with Crippen molar-refractivity contribution in [1.29, 1.82) is 0 Å². The molecule has 2 rings (SSSR count). The van der Waals surface area contributed by atoms with Crippen molar-refractivity contribution in [3.8, 4) is 0 Å². The average Bonchev–Trinajstić information content (AvgIpc) is 2.06. The van der Waals surface area contributed by atoms with E-state index in [2.05, 4.69) is 4.98 Å². The van der Waals surface area contributed by atoms with Gasteiger partial charge in [-0.2, -0.15) is 4.39 Å². The fraction of sp³-hybridized carbons (Fsp3) is 0.100. The molecule has 1 aromatic carbocycles. The molecule has 0 saturated heterocycles. The molecular weight excluding hydrogens is 172 g/mol. The van der Waals surface area contributed by atoms with Gasteiger partial charge in [0.05, 0.1) is 5.52 Å². The van der Waals surface area contributed by atoms with Crippen molar-refractivity contribution in [1.82, 2.24) is 4.98 Å². The van der Waals surface area contributed by atoms with Crippen molar-refractivity contribution in [2.75, 3.05) is 0 Å². The van der Waals surface area contributed by atoms with Crippen molar-refractivity contribution in [2.45, 2.75) is 6.92 Å². The lowest BCUT2D eigenvalue weighted by Gasteiger charge is -2.00. The van der Waals surface area contributed by atoms with Gasteiger partial charge in [-0.15, -0.1) is 0 Å². The third-order valence-electron chi connectivity index (χ3n) is 1.95. The molecule has 0 aliphatic heterocycles. The molecule has 1 heterocycles. The molecule has 0 fully saturated rings. The van der Waals surface area contributed by atoms with Gasteiger partial charge in [-0.3, -0.25) is 0 Å². The lowest BCUT2D eigenvalue weighted by molar-refractivity contribution is 0.587. The van der Waals surface area contributed by atoms with Crippen molar-refractivity contribution >= 4 is 10.9 Å². The minimum absolute atomic E-state index is 0.330. The van der Waals surface area contributed by atoms with Crippen LogP contribution in [0.25, 0.3) is 10.9 Å². The van der Waals surface area contributed by atoms with E-state index < -0.39 is 5.95 Å². The molecule has 0 aliphatic rings. The number of aromatic nitrogens is 1. The second-order valence-electron chi connectivity index (χ2n) is 2.92. The summed E-state index contributed by atoms with van der Waals surface area (Å²) in [5.74, 6) is -0.861. The summed E-state index contributed by atoms with van der Waals surface area (Å²) < 4.78 is 25.6. The molecule has 0 spiro atoms. The van der Waals surface area contributed by atoms with E-state index >= 15 is 0 Å². The minimum atomic E-state index is -0.531. The molecule has 0 bridgehead atoms. The van der Waals surface area contributed by atoms with E-state index in [1.807, 2.05) is 0 Å². The maximum absolute atomic E-state index is 12.8. The number of benzene rings is 1. The van der Waals surface area contributed by atoms with E-state index in [0.717, 1.165) is 0 Å². The maximum Gasteiger partial charge on any atom is 0.213 e. The summed E-state index contributed by atoms with van der Waals surface area (Å²) in [6.07, 6.45) is 0. The smallest absolute Gasteiger partial charge is 0.213 e. The van der Waals surface area contributed by atoms with Gasteiger partial charge < -0.3 is 0 Å². The standard InChI is InChI=1S/C10H7F2N/c1-6-4-10(12)13-9-3-2-7(11)5-8(6)9/h2-5H,1H3. The van der Waals surface area contributed by atoms with Crippen molar-refractivity contribution in [3.05, 3.63) is 41.6 Å². The first kappa shape index (κ1) is 8.10. The van der Waals surface area contributed by atoms with Crippen LogP contribution < -0.4 is 0 Å². The largest absolute Gasteiger partial charge is 0.220 e. The normalized spacial score (nSPS) is 10.7. The number of rotatable bonds is 0. The summed E-state index contributed by atoms with van der Waals surface area (Å²) in [6, 6.07) is 5.40. The number of fused-ring (bicyclic) bond motifs is 1. The molecule has 0 saturated carbocycles. The number of halogens is 2. The molecule has 1 aromatic heterocycles. The monoisotopic (exact) mass is 179 g/mol. The second-order valence-corrected chi connectivity index (χ2v) is 2.92. The van der Waals surface area contributed by atoms with Crippen LogP contribution in [-0.4, -0.2) is 4.98 Å². The summed E-state index contributed by atoms with van der Waals surface area (Å²) >= 11 is 0. The average molecular weight is 179 g/mol. The molecule has 2 aromatic rings. The van der Waals surface area contributed by atoms with Crippen LogP contribution in [0.2, 0.25) is 0 Å². The molecule has 0 radical (unpaired) electrons. The lowest BCUT2D eigenvalue weighted by atomic mass is 10.1. The zero-order valence-electron chi connectivity index (χ0n) is 7.01. The Morgan fingerprint density at radius 1 is 1.15 bits per heavy atom. The Hall–Kier alpha value is -1.51. The quantitative estimate of drug-likeness (QED) is 0.566. The van der Waals surface area contributed by atoms with Crippen LogP contribution >= 0.6 is 0 Å². The molecule has 0 unspecified atom stereocenters. The van der Waals surface area contributed by atoms with E-state index in [9.17, 15) is 8.78 Å². The van der Waals surface area contributed by atoms with Crippen molar-refractivity contribution < 1.29 is 8.78 Å². The first-order chi connectivity index (χ1) is 6.16. The summed E-state index contributed by atoms with van der Waals surface area (Å²) in [6.45, 7) is 1.73. The van der Waals surface area contributed by atoms with Gasteiger partial charge in [-0.25, -0.2) is 9.37 Å². The van der Waals surface area contributed by atoms with Gasteiger partial charge in [0.2, 0.25) is 5.95 Å². The SMILES string of the molecule is Cc1cc(F)nc2ccc(F)cc12. The third kappa shape index (κ3) is 1.37. The molecule has 0 N–H and O–H groups in total. The molecule has 1 nitrogen and oxygen atoms in total. The van der Waals surface area contributed by atoms with Crippen LogP contribution in [0.4, 0.5) is 8.78 Å². The predicted octanol–water partition coefficient (Wildman–Crippen LogP) is 2.82. The van der Waals surface area contributed by atoms with E-state index in [1.165, 1.54) is 24.3 Å². The molecule has 3 heteroatoms. The van der Waals surface area contributed by atoms with Crippen molar-refractivity contribution in [2.24, 2.45) is 0 Å². The molecule has 0 aliphatic carbocycles. The summed E-state index contributed by atoms with van der Waals surface area (Å²) in [4.78, 5) is 3.64. The molecule has 13 heavy (non-hydrogen) atoms. The maximum atomic E-state index is 12.8. The first-order valence-corrected chi connectivity index (χ1v) is 3.89. The Labute approximate surface area is 74.0 Å². The highest BCUT2D eigenvalue weighted by molar-refractivity contribution is 5.81. The Morgan fingerprint density at radius 2 is 1.92 bits per heavy atom. The molecular formula is C10H7F2N. The number of pyridine rings is 1. The van der Waals surface area contributed by atoms with Gasteiger partial charge in [0.25, 0.3) is 0 Å². The van der Waals surface area contributed by atoms with Crippen LogP contribution in [0.15, 0.2) is 24.3 Å². The van der Waals surface area contributed by atoms with Gasteiger partial charge in [0, 0.05) is 5.39 Å². The van der Waals surface area contributed by atoms with Crippen LogP contribution in [0.3, 0.4) is 0 Å². The van der Waals surface area contributed by atoms with Gasteiger partial charge in [-0.1, -0.05) is 0 Å². The Morgan fingerprint density at radius 3 is 2.69 bits per heavy atom. The first-order valence-electron chi connectivity index (χ1n) is 3.89. The zero-order valence-corrected chi connectivity index (χ0v) is 7.01. The van der Waals surface area contributed by atoms with Gasteiger partial charge in [-0.05, 0) is 36.8 Å². The van der Waals surface area contributed by atoms with Gasteiger partial charge >= 0.3 is 0 Å². The highest BCUT2D eigenvalue weighted by atomic mass is 19.1. The third-order valence-corrected chi connectivity index (χ3v) is 1.95. The van der Waals surface area contributed by atoms with Gasteiger partial charge in [0.1, 0.15) is 5.82 Å². The van der Waals surface area contributed by atoms with E-state index in [0.29, 0.717) is 16.5 Å². The highest BCUT2D eigenvalue weighted by Crippen LogP contribution is 2.18. The fourth-order valence-electron chi connectivity index (χ4n) is 1.33. The number of hydrogen-bond donors (Lipinski definition) is 0. The summed E-state index contributed by atoms with van der Waals surface area (Å²) in [5, 5.41) is 0.654. The number of hydrogen-bond acceptors (Lipinski definition) is 1. The minimum Gasteiger partial charge on any atom is -0.220 e. The van der Waals surface area contributed by atoms with E-state index in [-0.39, 0.29) is 5.82 Å². The van der Waals surface area contributed by atoms with Crippen molar-refractivity contribution in [3.63, 3.8) is 0 Å².